The maximum atomic E-state index is 11.6. The van der Waals surface area contributed by atoms with E-state index in [-0.39, 0.29) is 17.8 Å². The minimum absolute atomic E-state index is 0.0839. The summed E-state index contributed by atoms with van der Waals surface area (Å²) in [4.78, 5) is 22.6. The summed E-state index contributed by atoms with van der Waals surface area (Å²) in [5, 5.41) is 0. The molecule has 2 atom stereocenters. The van der Waals surface area contributed by atoms with Crippen molar-refractivity contribution in [2.24, 2.45) is 11.8 Å². The number of carbonyl (C=O) groups excluding carboxylic acids is 1. The van der Waals surface area contributed by atoms with Crippen molar-refractivity contribution >= 4 is 11.9 Å². The molecule has 2 heterocycles. The van der Waals surface area contributed by atoms with Gasteiger partial charge in [-0.15, -0.1) is 0 Å². The largest absolute Gasteiger partial charge is 0.469 e. The van der Waals surface area contributed by atoms with Crippen molar-refractivity contribution in [3.63, 3.8) is 0 Å². The van der Waals surface area contributed by atoms with Gasteiger partial charge in [-0.3, -0.25) is 4.79 Å². The summed E-state index contributed by atoms with van der Waals surface area (Å²) >= 11 is 0. The van der Waals surface area contributed by atoms with Crippen LogP contribution in [0.25, 0.3) is 0 Å². The van der Waals surface area contributed by atoms with Crippen molar-refractivity contribution in [3.05, 3.63) is 17.5 Å². The Kier molecular flexibility index (Phi) is 3.50. The molecule has 0 spiro atoms. The standard InChI is InChI=1S/C13H19N3O2/c1-8-6-16(7-11(8)12(17)18-4)13-14-9(2)5-10(3)15-13/h5,8,11H,6-7H2,1-4H3. The second kappa shape index (κ2) is 4.92. The fourth-order valence-corrected chi connectivity index (χ4v) is 2.44. The number of aromatic nitrogens is 2. The van der Waals surface area contributed by atoms with Gasteiger partial charge >= 0.3 is 5.97 Å². The molecule has 5 heteroatoms. The predicted molar refractivity (Wildman–Crippen MR) is 68.4 cm³/mol. The number of hydrogen-bond acceptors (Lipinski definition) is 5. The number of ether oxygens (including phenoxy) is 1. The molecule has 0 N–H and O–H groups in total. The molecule has 5 nitrogen and oxygen atoms in total. The van der Waals surface area contributed by atoms with Crippen LogP contribution in [0.3, 0.4) is 0 Å². The van der Waals surface area contributed by atoms with Crippen molar-refractivity contribution in [2.45, 2.75) is 20.8 Å². The van der Waals surface area contributed by atoms with Crippen LogP contribution < -0.4 is 4.90 Å². The molecule has 1 aliphatic rings. The first-order chi connectivity index (χ1) is 8.51. The zero-order chi connectivity index (χ0) is 13.3. The van der Waals surface area contributed by atoms with Crippen LogP contribution in [0.15, 0.2) is 6.07 Å². The SMILES string of the molecule is COC(=O)C1CN(c2nc(C)cc(C)n2)CC1C. The molecule has 1 saturated heterocycles. The number of aryl methyl sites for hydroxylation is 2. The van der Waals surface area contributed by atoms with Gasteiger partial charge in [0.2, 0.25) is 5.95 Å². The first-order valence-corrected chi connectivity index (χ1v) is 6.16. The number of hydrogen-bond donors (Lipinski definition) is 0. The van der Waals surface area contributed by atoms with Gasteiger partial charge in [-0.2, -0.15) is 0 Å². The Hall–Kier alpha value is -1.65. The van der Waals surface area contributed by atoms with Crippen LogP contribution in [0.5, 0.6) is 0 Å². The van der Waals surface area contributed by atoms with Gasteiger partial charge in [-0.25, -0.2) is 9.97 Å². The number of carbonyl (C=O) groups is 1. The smallest absolute Gasteiger partial charge is 0.310 e. The van der Waals surface area contributed by atoms with E-state index >= 15 is 0 Å². The molecule has 18 heavy (non-hydrogen) atoms. The summed E-state index contributed by atoms with van der Waals surface area (Å²) in [6.45, 7) is 7.40. The van der Waals surface area contributed by atoms with E-state index in [1.54, 1.807) is 0 Å². The van der Waals surface area contributed by atoms with Crippen molar-refractivity contribution < 1.29 is 9.53 Å². The normalized spacial score (nSPS) is 23.2. The van der Waals surface area contributed by atoms with E-state index in [1.165, 1.54) is 7.11 Å². The van der Waals surface area contributed by atoms with Gasteiger partial charge < -0.3 is 9.64 Å². The highest BCUT2D eigenvalue weighted by atomic mass is 16.5. The van der Waals surface area contributed by atoms with Crippen LogP contribution in [-0.4, -0.2) is 36.1 Å². The quantitative estimate of drug-likeness (QED) is 0.740. The van der Waals surface area contributed by atoms with Crippen molar-refractivity contribution in [2.75, 3.05) is 25.1 Å². The molecule has 0 bridgehead atoms. The highest BCUT2D eigenvalue weighted by Crippen LogP contribution is 2.27. The average Bonchev–Trinajstić information content (AvgIpc) is 2.69. The lowest BCUT2D eigenvalue weighted by Gasteiger charge is -2.16. The van der Waals surface area contributed by atoms with Crippen LogP contribution in [-0.2, 0) is 9.53 Å². The third-order valence-corrected chi connectivity index (χ3v) is 3.37. The summed E-state index contributed by atoms with van der Waals surface area (Å²) in [5.41, 5.74) is 1.90. The Morgan fingerprint density at radius 2 is 1.94 bits per heavy atom. The van der Waals surface area contributed by atoms with Gasteiger partial charge in [0.1, 0.15) is 0 Å². The van der Waals surface area contributed by atoms with E-state index in [1.807, 2.05) is 19.9 Å². The summed E-state index contributed by atoms with van der Waals surface area (Å²) in [5.74, 6) is 0.751. The Labute approximate surface area is 107 Å². The zero-order valence-electron chi connectivity index (χ0n) is 11.3. The van der Waals surface area contributed by atoms with E-state index < -0.39 is 0 Å². The van der Waals surface area contributed by atoms with Gasteiger partial charge in [-0.1, -0.05) is 6.92 Å². The van der Waals surface area contributed by atoms with Gasteiger partial charge in [0, 0.05) is 24.5 Å². The lowest BCUT2D eigenvalue weighted by Crippen LogP contribution is -2.25. The summed E-state index contributed by atoms with van der Waals surface area (Å²) in [6, 6.07) is 1.95. The molecular formula is C13H19N3O2. The Morgan fingerprint density at radius 3 is 2.50 bits per heavy atom. The predicted octanol–water partition coefficient (Wildman–Crippen LogP) is 1.34. The molecule has 0 amide bonds. The van der Waals surface area contributed by atoms with E-state index in [4.69, 9.17) is 4.74 Å². The molecule has 0 aromatic carbocycles. The van der Waals surface area contributed by atoms with Gasteiger partial charge in [0.25, 0.3) is 0 Å². The molecular weight excluding hydrogens is 230 g/mol. The van der Waals surface area contributed by atoms with E-state index in [2.05, 4.69) is 21.8 Å². The van der Waals surface area contributed by atoms with Crippen LogP contribution >= 0.6 is 0 Å². The monoisotopic (exact) mass is 249 g/mol. The van der Waals surface area contributed by atoms with Gasteiger partial charge in [0.05, 0.1) is 13.0 Å². The summed E-state index contributed by atoms with van der Waals surface area (Å²) in [6.07, 6.45) is 0. The Bertz CT molecular complexity index is 441. The minimum atomic E-state index is -0.144. The van der Waals surface area contributed by atoms with E-state index in [0.29, 0.717) is 12.5 Å². The molecule has 0 aliphatic carbocycles. The molecule has 0 saturated carbocycles. The molecule has 1 aromatic rings. The van der Waals surface area contributed by atoms with Gasteiger partial charge in [0.15, 0.2) is 0 Å². The fourth-order valence-electron chi connectivity index (χ4n) is 2.44. The first-order valence-electron chi connectivity index (χ1n) is 6.16. The summed E-state index contributed by atoms with van der Waals surface area (Å²) < 4.78 is 4.83. The fraction of sp³-hybridized carbons (Fsp3) is 0.615. The van der Waals surface area contributed by atoms with Crippen molar-refractivity contribution in [1.82, 2.24) is 9.97 Å². The average molecular weight is 249 g/mol. The molecule has 2 unspecified atom stereocenters. The van der Waals surface area contributed by atoms with Crippen molar-refractivity contribution in [3.8, 4) is 0 Å². The maximum Gasteiger partial charge on any atom is 0.310 e. The number of rotatable bonds is 2. The first kappa shape index (κ1) is 12.8. The molecule has 98 valence electrons. The Morgan fingerprint density at radius 1 is 1.33 bits per heavy atom. The highest BCUT2D eigenvalue weighted by Gasteiger charge is 2.36. The minimum Gasteiger partial charge on any atom is -0.469 e. The second-order valence-corrected chi connectivity index (χ2v) is 4.96. The second-order valence-electron chi connectivity index (χ2n) is 4.96. The van der Waals surface area contributed by atoms with E-state index in [9.17, 15) is 4.79 Å². The van der Waals surface area contributed by atoms with E-state index in [0.717, 1.165) is 17.9 Å². The summed E-state index contributed by atoms with van der Waals surface area (Å²) in [7, 11) is 1.44. The molecule has 0 radical (unpaired) electrons. The van der Waals surface area contributed by atoms with Crippen LogP contribution in [0.4, 0.5) is 5.95 Å². The molecule has 1 aromatic heterocycles. The lowest BCUT2D eigenvalue weighted by molar-refractivity contribution is -0.145. The van der Waals surface area contributed by atoms with Crippen LogP contribution in [0.2, 0.25) is 0 Å². The lowest BCUT2D eigenvalue weighted by atomic mass is 9.99. The van der Waals surface area contributed by atoms with Crippen LogP contribution in [0.1, 0.15) is 18.3 Å². The molecule has 2 rings (SSSR count). The molecule has 1 fully saturated rings. The maximum absolute atomic E-state index is 11.6. The third-order valence-electron chi connectivity index (χ3n) is 3.37. The zero-order valence-corrected chi connectivity index (χ0v) is 11.3. The van der Waals surface area contributed by atoms with Gasteiger partial charge in [-0.05, 0) is 25.8 Å². The Balaban J connectivity index is 2.19. The molecule has 1 aliphatic heterocycles. The third kappa shape index (κ3) is 2.44. The van der Waals surface area contributed by atoms with Crippen LogP contribution in [0, 0.1) is 25.7 Å². The van der Waals surface area contributed by atoms with Crippen molar-refractivity contribution in [1.29, 1.82) is 0 Å². The number of methoxy groups -OCH3 is 1. The number of anilines is 1. The number of nitrogens with zero attached hydrogens (tertiary/aromatic N) is 3. The number of esters is 1. The topological polar surface area (TPSA) is 55.3 Å². The highest BCUT2D eigenvalue weighted by molar-refractivity contribution is 5.74.